The molecule has 130 valence electrons. The fourth-order valence-electron chi connectivity index (χ4n) is 2.93. The number of nitrogens with zero attached hydrogens (tertiary/aromatic N) is 2. The monoisotopic (exact) mass is 366 g/mol. The number of aryl methyl sites for hydroxylation is 1. The van der Waals surface area contributed by atoms with E-state index >= 15 is 0 Å². The van der Waals surface area contributed by atoms with Crippen LogP contribution in [0.1, 0.15) is 11.5 Å². The highest BCUT2D eigenvalue weighted by Crippen LogP contribution is 2.27. The van der Waals surface area contributed by atoms with E-state index in [-0.39, 0.29) is 30.2 Å². The average molecular weight is 367 g/mol. The third-order valence-corrected chi connectivity index (χ3v) is 5.13. The standard InChI is InChI=1S/C17H22N4OS.ClH/c1-21-12-13(9-20-21)15-10-18-11-16(15)17(22)19-7-8-23-14-5-3-2-4-6-14;/h2-6,9,12,15-16,18H,7-8,10-11H2,1H3,(H,19,22);1H/t15-,16+;/m1./s1. The zero-order chi connectivity index (χ0) is 16.1. The maximum absolute atomic E-state index is 12.5. The number of carbonyl (C=O) groups excluding carboxylic acids is 1. The van der Waals surface area contributed by atoms with Crippen LogP contribution < -0.4 is 10.6 Å². The Labute approximate surface area is 153 Å². The average Bonchev–Trinajstić information content (AvgIpc) is 3.21. The van der Waals surface area contributed by atoms with Crippen LogP contribution in [0.4, 0.5) is 0 Å². The second-order valence-electron chi connectivity index (χ2n) is 5.77. The Morgan fingerprint density at radius 2 is 2.17 bits per heavy atom. The van der Waals surface area contributed by atoms with Crippen LogP contribution in [0.15, 0.2) is 47.6 Å². The molecule has 0 spiro atoms. The van der Waals surface area contributed by atoms with Crippen LogP contribution in [0.5, 0.6) is 0 Å². The molecule has 0 radical (unpaired) electrons. The normalized spacial score (nSPS) is 19.7. The van der Waals surface area contributed by atoms with Crippen molar-refractivity contribution in [1.29, 1.82) is 0 Å². The SMILES string of the molecule is Cl.Cn1cc([C@H]2CNC[C@@H]2C(=O)NCCSc2ccccc2)cn1. The number of aromatic nitrogens is 2. The molecule has 3 rings (SSSR count). The molecule has 1 aliphatic rings. The number of nitrogens with one attached hydrogen (secondary N) is 2. The molecular weight excluding hydrogens is 344 g/mol. The quantitative estimate of drug-likeness (QED) is 0.607. The summed E-state index contributed by atoms with van der Waals surface area (Å²) in [6.45, 7) is 2.26. The van der Waals surface area contributed by atoms with Crippen molar-refractivity contribution in [2.75, 3.05) is 25.4 Å². The summed E-state index contributed by atoms with van der Waals surface area (Å²) in [4.78, 5) is 13.7. The van der Waals surface area contributed by atoms with Crippen molar-refractivity contribution in [3.63, 3.8) is 0 Å². The van der Waals surface area contributed by atoms with Crippen LogP contribution in [-0.2, 0) is 11.8 Å². The Morgan fingerprint density at radius 1 is 1.38 bits per heavy atom. The minimum atomic E-state index is -0.0130. The molecule has 1 aromatic heterocycles. The van der Waals surface area contributed by atoms with Gasteiger partial charge in [-0.2, -0.15) is 5.10 Å². The number of hydrogen-bond acceptors (Lipinski definition) is 4. The van der Waals surface area contributed by atoms with Crippen molar-refractivity contribution in [2.24, 2.45) is 13.0 Å². The van der Waals surface area contributed by atoms with E-state index in [0.29, 0.717) is 6.54 Å². The fraction of sp³-hybridized carbons (Fsp3) is 0.412. The van der Waals surface area contributed by atoms with E-state index in [4.69, 9.17) is 0 Å². The molecule has 1 aliphatic heterocycles. The summed E-state index contributed by atoms with van der Waals surface area (Å²) < 4.78 is 1.79. The van der Waals surface area contributed by atoms with E-state index in [1.807, 2.05) is 37.6 Å². The molecule has 7 heteroatoms. The van der Waals surface area contributed by atoms with Gasteiger partial charge in [-0.1, -0.05) is 18.2 Å². The largest absolute Gasteiger partial charge is 0.355 e. The Kier molecular flexibility index (Phi) is 7.15. The lowest BCUT2D eigenvalue weighted by Gasteiger charge is -2.17. The second-order valence-corrected chi connectivity index (χ2v) is 6.94. The molecule has 1 fully saturated rings. The van der Waals surface area contributed by atoms with Gasteiger partial charge in [-0.3, -0.25) is 9.48 Å². The molecule has 5 nitrogen and oxygen atoms in total. The molecule has 1 saturated heterocycles. The third-order valence-electron chi connectivity index (χ3n) is 4.12. The van der Waals surface area contributed by atoms with Gasteiger partial charge in [0, 0.05) is 49.4 Å². The Hall–Kier alpha value is -1.50. The van der Waals surface area contributed by atoms with Crippen LogP contribution in [0, 0.1) is 5.92 Å². The molecule has 0 unspecified atom stereocenters. The Balaban J connectivity index is 0.00000208. The molecule has 0 bridgehead atoms. The summed E-state index contributed by atoms with van der Waals surface area (Å²) in [5.74, 6) is 1.22. The van der Waals surface area contributed by atoms with Crippen molar-refractivity contribution in [3.8, 4) is 0 Å². The molecule has 0 aliphatic carbocycles. The van der Waals surface area contributed by atoms with E-state index in [2.05, 4.69) is 27.9 Å². The lowest BCUT2D eigenvalue weighted by Crippen LogP contribution is -2.35. The van der Waals surface area contributed by atoms with Crippen LogP contribution in [0.25, 0.3) is 0 Å². The summed E-state index contributed by atoms with van der Waals surface area (Å²) in [5, 5.41) is 10.6. The minimum absolute atomic E-state index is 0. The van der Waals surface area contributed by atoms with E-state index < -0.39 is 0 Å². The summed E-state index contributed by atoms with van der Waals surface area (Å²) in [5.41, 5.74) is 1.14. The molecule has 0 saturated carbocycles. The number of thioether (sulfide) groups is 1. The predicted octanol–water partition coefficient (Wildman–Crippen LogP) is 2.05. The lowest BCUT2D eigenvalue weighted by atomic mass is 9.90. The smallest absolute Gasteiger partial charge is 0.225 e. The van der Waals surface area contributed by atoms with Crippen LogP contribution in [-0.4, -0.2) is 41.1 Å². The summed E-state index contributed by atoms with van der Waals surface area (Å²) in [6.07, 6.45) is 3.87. The maximum atomic E-state index is 12.5. The Bertz CT molecular complexity index is 649. The van der Waals surface area contributed by atoms with Gasteiger partial charge in [0.1, 0.15) is 0 Å². The van der Waals surface area contributed by atoms with E-state index in [9.17, 15) is 4.79 Å². The van der Waals surface area contributed by atoms with Crippen molar-refractivity contribution in [2.45, 2.75) is 10.8 Å². The molecule has 1 aromatic carbocycles. The van der Waals surface area contributed by atoms with Crippen molar-refractivity contribution < 1.29 is 4.79 Å². The highest BCUT2D eigenvalue weighted by molar-refractivity contribution is 7.99. The van der Waals surface area contributed by atoms with Gasteiger partial charge >= 0.3 is 0 Å². The topological polar surface area (TPSA) is 59.0 Å². The number of benzene rings is 1. The molecule has 24 heavy (non-hydrogen) atoms. The van der Waals surface area contributed by atoms with E-state index in [1.165, 1.54) is 4.90 Å². The maximum Gasteiger partial charge on any atom is 0.225 e. The lowest BCUT2D eigenvalue weighted by molar-refractivity contribution is -0.124. The van der Waals surface area contributed by atoms with Crippen molar-refractivity contribution in [1.82, 2.24) is 20.4 Å². The minimum Gasteiger partial charge on any atom is -0.355 e. The van der Waals surface area contributed by atoms with Gasteiger partial charge in [0.2, 0.25) is 5.91 Å². The Morgan fingerprint density at radius 3 is 2.88 bits per heavy atom. The first-order valence-corrected chi connectivity index (χ1v) is 8.87. The van der Waals surface area contributed by atoms with Gasteiger partial charge in [0.15, 0.2) is 0 Å². The number of carbonyl (C=O) groups is 1. The molecule has 2 aromatic rings. The summed E-state index contributed by atoms with van der Waals surface area (Å²) >= 11 is 1.76. The number of halogens is 1. The van der Waals surface area contributed by atoms with Crippen LogP contribution in [0.3, 0.4) is 0 Å². The first-order chi connectivity index (χ1) is 11.2. The van der Waals surface area contributed by atoms with Gasteiger partial charge in [0.05, 0.1) is 12.1 Å². The highest BCUT2D eigenvalue weighted by atomic mass is 35.5. The van der Waals surface area contributed by atoms with E-state index in [0.717, 1.165) is 24.4 Å². The summed E-state index contributed by atoms with van der Waals surface area (Å²) in [7, 11) is 1.90. The molecule has 2 atom stereocenters. The third kappa shape index (κ3) is 4.75. The van der Waals surface area contributed by atoms with Crippen LogP contribution in [0.2, 0.25) is 0 Å². The second kappa shape index (κ2) is 9.11. The van der Waals surface area contributed by atoms with Gasteiger partial charge in [-0.05, 0) is 17.7 Å². The van der Waals surface area contributed by atoms with Gasteiger partial charge < -0.3 is 10.6 Å². The van der Waals surface area contributed by atoms with Gasteiger partial charge in [0.25, 0.3) is 0 Å². The number of rotatable bonds is 6. The number of hydrogen-bond donors (Lipinski definition) is 2. The number of amides is 1. The van der Waals surface area contributed by atoms with Crippen LogP contribution >= 0.6 is 24.2 Å². The zero-order valence-corrected chi connectivity index (χ0v) is 15.3. The molecule has 2 heterocycles. The summed E-state index contributed by atoms with van der Waals surface area (Å²) in [6, 6.07) is 10.3. The zero-order valence-electron chi connectivity index (χ0n) is 13.6. The van der Waals surface area contributed by atoms with Gasteiger partial charge in [-0.25, -0.2) is 0 Å². The van der Waals surface area contributed by atoms with E-state index in [1.54, 1.807) is 16.4 Å². The molecular formula is C17H23ClN4OS. The predicted molar refractivity (Wildman–Crippen MR) is 99.7 cm³/mol. The molecule has 1 amide bonds. The molecule has 2 N–H and O–H groups in total. The first-order valence-electron chi connectivity index (χ1n) is 7.89. The highest BCUT2D eigenvalue weighted by Gasteiger charge is 2.34. The van der Waals surface area contributed by atoms with Gasteiger partial charge in [-0.15, -0.1) is 24.2 Å². The fourth-order valence-corrected chi connectivity index (χ4v) is 3.72. The van der Waals surface area contributed by atoms with Crippen molar-refractivity contribution >= 4 is 30.1 Å². The van der Waals surface area contributed by atoms with Crippen molar-refractivity contribution in [3.05, 3.63) is 48.3 Å². The first kappa shape index (κ1) is 18.8.